The molecular weight excluding hydrogens is 230 g/mol. The topological polar surface area (TPSA) is 53.7 Å². The van der Waals surface area contributed by atoms with Crippen LogP contribution in [0.4, 0.5) is 0 Å². The summed E-state index contributed by atoms with van der Waals surface area (Å²) >= 11 is 0. The molecule has 0 aromatic carbocycles. The second-order valence-electron chi connectivity index (χ2n) is 5.12. The molecule has 18 heavy (non-hydrogen) atoms. The maximum atomic E-state index is 11.4. The molecule has 2 rings (SSSR count). The molecule has 0 spiro atoms. The van der Waals surface area contributed by atoms with Crippen molar-refractivity contribution in [2.45, 2.75) is 39.7 Å². The summed E-state index contributed by atoms with van der Waals surface area (Å²) in [4.78, 5) is 13.5. The highest BCUT2D eigenvalue weighted by Crippen LogP contribution is 2.34. The summed E-state index contributed by atoms with van der Waals surface area (Å²) in [5.74, 6) is 1.26. The lowest BCUT2D eigenvalue weighted by atomic mass is 9.84. The van der Waals surface area contributed by atoms with Gasteiger partial charge in [-0.2, -0.15) is 0 Å². The number of carboxylic acids is 1. The Morgan fingerprint density at radius 2 is 2.17 bits per heavy atom. The fourth-order valence-electron chi connectivity index (χ4n) is 2.63. The molecule has 1 fully saturated rings. The molecule has 0 saturated carbocycles. The van der Waals surface area contributed by atoms with E-state index in [0.29, 0.717) is 13.0 Å². The Bertz CT molecular complexity index is 426. The van der Waals surface area contributed by atoms with Gasteiger partial charge in [-0.1, -0.05) is 13.8 Å². The normalized spacial score (nSPS) is 24.6. The molecule has 1 atom stereocenters. The lowest BCUT2D eigenvalue weighted by Crippen LogP contribution is -2.33. The lowest BCUT2D eigenvalue weighted by molar-refractivity contribution is -0.148. The molecule has 1 saturated heterocycles. The van der Waals surface area contributed by atoms with Crippen LogP contribution < -0.4 is 0 Å². The van der Waals surface area contributed by atoms with Gasteiger partial charge in [0.05, 0.1) is 12.0 Å². The van der Waals surface area contributed by atoms with Crippen molar-refractivity contribution in [1.29, 1.82) is 0 Å². The molecular formula is C14H21NO3. The molecule has 4 heteroatoms. The standard InChI is InChI=1S/C14H21NO3/c1-3-11-5-6-12(18-11)9-15-8-7-14(4-2,10-15)13(16)17/h5-6H,3-4,7-10H2,1-2H3,(H,16,17). The zero-order valence-electron chi connectivity index (χ0n) is 11.1. The molecule has 1 N–H and O–H groups in total. The summed E-state index contributed by atoms with van der Waals surface area (Å²) in [7, 11) is 0. The van der Waals surface area contributed by atoms with Crippen LogP contribution in [0.1, 0.15) is 38.2 Å². The van der Waals surface area contributed by atoms with E-state index in [2.05, 4.69) is 11.8 Å². The van der Waals surface area contributed by atoms with Crippen molar-refractivity contribution < 1.29 is 14.3 Å². The first-order chi connectivity index (χ1) is 8.59. The Morgan fingerprint density at radius 3 is 2.67 bits per heavy atom. The van der Waals surface area contributed by atoms with E-state index in [0.717, 1.165) is 37.5 Å². The summed E-state index contributed by atoms with van der Waals surface area (Å²) in [5, 5.41) is 9.34. The molecule has 1 aliphatic heterocycles. The summed E-state index contributed by atoms with van der Waals surface area (Å²) in [5.41, 5.74) is -0.555. The second kappa shape index (κ2) is 5.14. The highest BCUT2D eigenvalue weighted by Gasteiger charge is 2.43. The Morgan fingerprint density at radius 1 is 1.44 bits per heavy atom. The van der Waals surface area contributed by atoms with Crippen LogP contribution in [0, 0.1) is 5.41 Å². The first-order valence-corrected chi connectivity index (χ1v) is 6.63. The predicted octanol–water partition coefficient (Wildman–Crippen LogP) is 2.53. The Labute approximate surface area is 108 Å². The maximum absolute atomic E-state index is 11.4. The smallest absolute Gasteiger partial charge is 0.310 e. The number of aliphatic carboxylic acids is 1. The van der Waals surface area contributed by atoms with E-state index in [4.69, 9.17) is 4.42 Å². The van der Waals surface area contributed by atoms with Crippen LogP contribution >= 0.6 is 0 Å². The monoisotopic (exact) mass is 251 g/mol. The summed E-state index contributed by atoms with van der Waals surface area (Å²) in [6, 6.07) is 3.99. The molecule has 1 unspecified atom stereocenters. The first-order valence-electron chi connectivity index (χ1n) is 6.63. The number of rotatable bonds is 5. The van der Waals surface area contributed by atoms with Crippen molar-refractivity contribution >= 4 is 5.97 Å². The average molecular weight is 251 g/mol. The van der Waals surface area contributed by atoms with Crippen molar-refractivity contribution in [2.75, 3.05) is 13.1 Å². The van der Waals surface area contributed by atoms with Crippen LogP contribution in [-0.4, -0.2) is 29.1 Å². The van der Waals surface area contributed by atoms with Gasteiger partial charge in [0.15, 0.2) is 0 Å². The number of carboxylic acid groups (broad SMARTS) is 1. The quantitative estimate of drug-likeness (QED) is 0.873. The number of likely N-dealkylation sites (tertiary alicyclic amines) is 1. The highest BCUT2D eigenvalue weighted by atomic mass is 16.4. The number of carbonyl (C=O) groups is 1. The summed E-state index contributed by atoms with van der Waals surface area (Å²) in [6.07, 6.45) is 2.32. The van der Waals surface area contributed by atoms with E-state index < -0.39 is 11.4 Å². The van der Waals surface area contributed by atoms with E-state index in [1.165, 1.54) is 0 Å². The fraction of sp³-hybridized carbons (Fsp3) is 0.643. The summed E-state index contributed by atoms with van der Waals surface area (Å²) < 4.78 is 5.67. The second-order valence-corrected chi connectivity index (χ2v) is 5.12. The first kappa shape index (κ1) is 13.1. The zero-order valence-corrected chi connectivity index (χ0v) is 11.1. The number of aryl methyl sites for hydroxylation is 1. The molecule has 0 bridgehead atoms. The van der Waals surface area contributed by atoms with Crippen LogP contribution in [0.25, 0.3) is 0 Å². The van der Waals surface area contributed by atoms with Crippen molar-refractivity contribution in [3.8, 4) is 0 Å². The van der Waals surface area contributed by atoms with E-state index in [-0.39, 0.29) is 0 Å². The van der Waals surface area contributed by atoms with Crippen LogP contribution in [0.3, 0.4) is 0 Å². The van der Waals surface area contributed by atoms with Crippen LogP contribution in [0.5, 0.6) is 0 Å². The Kier molecular flexibility index (Phi) is 3.76. The van der Waals surface area contributed by atoms with Gasteiger partial charge in [0.2, 0.25) is 0 Å². The Hall–Kier alpha value is -1.29. The Balaban J connectivity index is 1.98. The minimum atomic E-state index is -0.666. The van der Waals surface area contributed by atoms with Crippen LogP contribution in [0.2, 0.25) is 0 Å². The zero-order chi connectivity index (χ0) is 13.2. The van der Waals surface area contributed by atoms with Gasteiger partial charge in [-0.25, -0.2) is 0 Å². The van der Waals surface area contributed by atoms with Gasteiger partial charge >= 0.3 is 5.97 Å². The SMILES string of the molecule is CCc1ccc(CN2CCC(CC)(C(=O)O)C2)o1. The number of nitrogens with zero attached hydrogens (tertiary/aromatic N) is 1. The van der Waals surface area contributed by atoms with Crippen LogP contribution in [0.15, 0.2) is 16.5 Å². The van der Waals surface area contributed by atoms with Gasteiger partial charge in [0.25, 0.3) is 0 Å². The number of hydrogen-bond donors (Lipinski definition) is 1. The van der Waals surface area contributed by atoms with Gasteiger partial charge in [-0.05, 0) is 31.5 Å². The largest absolute Gasteiger partial charge is 0.481 e. The van der Waals surface area contributed by atoms with E-state index in [1.54, 1.807) is 0 Å². The third kappa shape index (κ3) is 2.43. The molecule has 0 amide bonds. The average Bonchev–Trinajstić information content (AvgIpc) is 2.97. The highest BCUT2D eigenvalue weighted by molar-refractivity contribution is 5.75. The predicted molar refractivity (Wildman–Crippen MR) is 68.3 cm³/mol. The van der Waals surface area contributed by atoms with E-state index in [1.807, 2.05) is 19.1 Å². The molecule has 0 radical (unpaired) electrons. The van der Waals surface area contributed by atoms with Gasteiger partial charge in [0, 0.05) is 13.0 Å². The van der Waals surface area contributed by atoms with Crippen LogP contribution in [-0.2, 0) is 17.8 Å². The molecule has 1 aromatic heterocycles. The lowest BCUT2D eigenvalue weighted by Gasteiger charge is -2.22. The van der Waals surface area contributed by atoms with Crippen molar-refractivity contribution in [1.82, 2.24) is 4.90 Å². The maximum Gasteiger partial charge on any atom is 0.310 e. The third-order valence-electron chi connectivity index (χ3n) is 4.01. The van der Waals surface area contributed by atoms with Crippen molar-refractivity contribution in [2.24, 2.45) is 5.41 Å². The minimum Gasteiger partial charge on any atom is -0.481 e. The van der Waals surface area contributed by atoms with Gasteiger partial charge in [-0.15, -0.1) is 0 Å². The molecule has 2 heterocycles. The molecule has 1 aromatic rings. The van der Waals surface area contributed by atoms with Gasteiger partial charge in [0.1, 0.15) is 11.5 Å². The van der Waals surface area contributed by atoms with Crippen molar-refractivity contribution in [3.63, 3.8) is 0 Å². The number of furan rings is 1. The molecule has 100 valence electrons. The van der Waals surface area contributed by atoms with E-state index >= 15 is 0 Å². The summed E-state index contributed by atoms with van der Waals surface area (Å²) in [6.45, 7) is 6.20. The molecule has 1 aliphatic rings. The van der Waals surface area contributed by atoms with Gasteiger partial charge < -0.3 is 9.52 Å². The van der Waals surface area contributed by atoms with E-state index in [9.17, 15) is 9.90 Å². The third-order valence-corrected chi connectivity index (χ3v) is 4.01. The molecule has 4 nitrogen and oxygen atoms in total. The van der Waals surface area contributed by atoms with Crippen molar-refractivity contribution in [3.05, 3.63) is 23.7 Å². The van der Waals surface area contributed by atoms with Gasteiger partial charge in [-0.3, -0.25) is 9.69 Å². The minimum absolute atomic E-state index is 0.555. The fourth-order valence-corrected chi connectivity index (χ4v) is 2.63. The molecule has 0 aliphatic carbocycles. The number of hydrogen-bond acceptors (Lipinski definition) is 3.